The minimum atomic E-state index is -0.947. The van der Waals surface area contributed by atoms with Gasteiger partial charge in [0.05, 0.1) is 14.2 Å². The second-order valence-corrected chi connectivity index (χ2v) is 8.73. The van der Waals surface area contributed by atoms with Crippen LogP contribution in [-0.4, -0.2) is 44.9 Å². The van der Waals surface area contributed by atoms with E-state index in [0.29, 0.717) is 34.4 Å². The van der Waals surface area contributed by atoms with Gasteiger partial charge in [0.2, 0.25) is 6.10 Å². The summed E-state index contributed by atoms with van der Waals surface area (Å²) in [4.78, 5) is 30.5. The highest BCUT2D eigenvalue weighted by atomic mass is 16.5. The number of methoxy groups -OCH3 is 2. The Morgan fingerprint density at radius 3 is 1.82 bits per heavy atom. The van der Waals surface area contributed by atoms with Crippen LogP contribution in [0.25, 0.3) is 0 Å². The van der Waals surface area contributed by atoms with Gasteiger partial charge in [0.15, 0.2) is 12.8 Å². The maximum Gasteiger partial charge on any atom is 0.274 e. The van der Waals surface area contributed by atoms with Crippen LogP contribution in [0.15, 0.2) is 109 Å². The van der Waals surface area contributed by atoms with Crippen molar-refractivity contribution in [2.24, 2.45) is 0 Å². The van der Waals surface area contributed by atoms with Crippen LogP contribution in [-0.2, 0) is 9.59 Å². The molecule has 2 amide bonds. The van der Waals surface area contributed by atoms with Gasteiger partial charge in [0.25, 0.3) is 11.8 Å². The number of hydrogen-bond acceptors (Lipinski definition) is 6. The van der Waals surface area contributed by atoms with Crippen molar-refractivity contribution >= 4 is 23.2 Å². The summed E-state index contributed by atoms with van der Waals surface area (Å²) in [5, 5.41) is 0. The molecule has 1 aliphatic rings. The van der Waals surface area contributed by atoms with E-state index in [2.05, 4.69) is 0 Å². The highest BCUT2D eigenvalue weighted by Gasteiger charge is 2.55. The van der Waals surface area contributed by atoms with Crippen LogP contribution in [0.3, 0.4) is 0 Å². The first-order valence-corrected chi connectivity index (χ1v) is 12.4. The third-order valence-electron chi connectivity index (χ3n) is 6.36. The Labute approximate surface area is 226 Å². The molecule has 8 nitrogen and oxygen atoms in total. The second-order valence-electron chi connectivity index (χ2n) is 8.73. The van der Waals surface area contributed by atoms with Gasteiger partial charge in [-0.1, -0.05) is 36.4 Å². The molecule has 0 saturated carbocycles. The van der Waals surface area contributed by atoms with E-state index in [1.165, 1.54) is 0 Å². The smallest absolute Gasteiger partial charge is 0.274 e. The molecule has 0 radical (unpaired) electrons. The van der Waals surface area contributed by atoms with Crippen LogP contribution < -0.4 is 28.7 Å². The van der Waals surface area contributed by atoms with Gasteiger partial charge in [-0.15, -0.1) is 0 Å². The van der Waals surface area contributed by atoms with Gasteiger partial charge < -0.3 is 18.9 Å². The van der Waals surface area contributed by atoms with E-state index in [9.17, 15) is 9.59 Å². The summed E-state index contributed by atoms with van der Waals surface area (Å²) in [6.45, 7) is -0.241. The molecule has 5 rings (SSSR count). The zero-order valence-electron chi connectivity index (χ0n) is 21.6. The maximum atomic E-state index is 13.8. The number of nitrogens with zero attached hydrogens (tertiary/aromatic N) is 2. The summed E-state index contributed by atoms with van der Waals surface area (Å²) < 4.78 is 22.6. The van der Waals surface area contributed by atoms with Crippen molar-refractivity contribution in [3.05, 3.63) is 109 Å². The van der Waals surface area contributed by atoms with Crippen molar-refractivity contribution in [1.82, 2.24) is 0 Å². The highest BCUT2D eigenvalue weighted by Crippen LogP contribution is 2.37. The monoisotopic (exact) mass is 524 g/mol. The van der Waals surface area contributed by atoms with E-state index in [4.69, 9.17) is 18.9 Å². The van der Waals surface area contributed by atoms with Gasteiger partial charge in [-0.05, 0) is 72.8 Å². The lowest BCUT2D eigenvalue weighted by molar-refractivity contribution is -0.136. The van der Waals surface area contributed by atoms with Gasteiger partial charge in [-0.2, -0.15) is 0 Å². The molecule has 4 aromatic carbocycles. The molecule has 1 aliphatic heterocycles. The number of β-lactam (4-membered cyclic amide) rings is 1. The minimum absolute atomic E-state index is 0.241. The second kappa shape index (κ2) is 11.6. The Morgan fingerprint density at radius 2 is 1.26 bits per heavy atom. The van der Waals surface area contributed by atoms with Crippen molar-refractivity contribution in [2.45, 2.75) is 12.3 Å². The Balaban J connectivity index is 1.53. The van der Waals surface area contributed by atoms with Crippen molar-refractivity contribution < 1.29 is 28.5 Å². The average molecular weight is 525 g/mol. The summed E-state index contributed by atoms with van der Waals surface area (Å²) in [6.07, 6.45) is -1.73. The van der Waals surface area contributed by atoms with Crippen molar-refractivity contribution in [2.75, 3.05) is 30.6 Å². The van der Waals surface area contributed by atoms with Crippen molar-refractivity contribution in [3.63, 3.8) is 0 Å². The Morgan fingerprint density at radius 1 is 0.718 bits per heavy atom. The molecule has 1 fully saturated rings. The molecule has 0 N–H and O–H groups in total. The SMILES string of the molecule is COc1ccc(N(C(=O)COc2ccccc2)[C@H]2[C@@H](Oc3ccccc3)C(=O)N2c2ccc(OC)cc2)cc1. The largest absolute Gasteiger partial charge is 0.497 e. The van der Waals surface area contributed by atoms with Crippen LogP contribution in [0, 0.1) is 0 Å². The predicted molar refractivity (Wildman–Crippen MR) is 148 cm³/mol. The lowest BCUT2D eigenvalue weighted by Crippen LogP contribution is -2.75. The molecule has 198 valence electrons. The first kappa shape index (κ1) is 25.7. The highest BCUT2D eigenvalue weighted by molar-refractivity contribution is 6.09. The number of ether oxygens (including phenoxy) is 4. The van der Waals surface area contributed by atoms with Gasteiger partial charge in [-0.3, -0.25) is 19.4 Å². The lowest BCUT2D eigenvalue weighted by Gasteiger charge is -2.50. The van der Waals surface area contributed by atoms with E-state index in [1.54, 1.807) is 96.8 Å². The Bertz CT molecular complexity index is 1390. The van der Waals surface area contributed by atoms with Crippen LogP contribution in [0.4, 0.5) is 11.4 Å². The quantitative estimate of drug-likeness (QED) is 0.274. The Hall–Kier alpha value is -4.98. The summed E-state index contributed by atoms with van der Waals surface area (Å²) in [5.74, 6) is 1.76. The fraction of sp³-hybridized carbons (Fsp3) is 0.161. The zero-order valence-corrected chi connectivity index (χ0v) is 21.6. The van der Waals surface area contributed by atoms with Gasteiger partial charge in [0.1, 0.15) is 23.0 Å². The first-order chi connectivity index (χ1) is 19.1. The van der Waals surface area contributed by atoms with Gasteiger partial charge >= 0.3 is 0 Å². The summed E-state index contributed by atoms with van der Waals surface area (Å²) >= 11 is 0. The predicted octanol–water partition coefficient (Wildman–Crippen LogP) is 4.94. The molecule has 0 bridgehead atoms. The van der Waals surface area contributed by atoms with E-state index >= 15 is 0 Å². The Kier molecular flexibility index (Phi) is 7.63. The molecule has 0 spiro atoms. The molecular formula is C31H28N2O6. The maximum absolute atomic E-state index is 13.8. The number of benzene rings is 4. The molecule has 8 heteroatoms. The van der Waals surface area contributed by atoms with Crippen LogP contribution >= 0.6 is 0 Å². The molecule has 0 aliphatic carbocycles. The first-order valence-electron chi connectivity index (χ1n) is 12.4. The molecule has 0 aromatic heterocycles. The normalized spacial score (nSPS) is 16.2. The van der Waals surface area contributed by atoms with Crippen molar-refractivity contribution in [1.29, 1.82) is 0 Å². The third kappa shape index (κ3) is 5.50. The van der Waals surface area contributed by atoms with Gasteiger partial charge in [-0.25, -0.2) is 0 Å². The molecule has 0 unspecified atom stereocenters. The van der Waals surface area contributed by atoms with E-state index in [0.717, 1.165) is 0 Å². The molecule has 1 saturated heterocycles. The molecule has 1 heterocycles. The van der Waals surface area contributed by atoms with E-state index in [1.807, 2.05) is 36.4 Å². The number of carbonyl (C=O) groups excluding carboxylic acids is 2. The fourth-order valence-corrected chi connectivity index (χ4v) is 4.40. The number of anilines is 2. The summed E-state index contributed by atoms with van der Waals surface area (Å²) in [6, 6.07) is 32.3. The zero-order chi connectivity index (χ0) is 27.2. The van der Waals surface area contributed by atoms with Crippen LogP contribution in [0.2, 0.25) is 0 Å². The standard InChI is InChI=1S/C31H28N2O6/c1-36-24-17-13-22(14-18-24)32(28(34)21-38-26-9-5-3-6-10-26)30-29(39-27-11-7-4-8-12-27)31(35)33(30)23-15-19-25(37-2)20-16-23/h3-20,29-30H,21H2,1-2H3/t29-,30-/m1/s1. The number of para-hydroxylation sites is 2. The topological polar surface area (TPSA) is 77.5 Å². The van der Waals surface area contributed by atoms with E-state index in [-0.39, 0.29) is 18.4 Å². The summed E-state index contributed by atoms with van der Waals surface area (Å²) in [5.41, 5.74) is 1.17. The van der Waals surface area contributed by atoms with Crippen LogP contribution in [0.5, 0.6) is 23.0 Å². The van der Waals surface area contributed by atoms with E-state index < -0.39 is 12.3 Å². The molecule has 2 atom stereocenters. The number of hydrogen-bond donors (Lipinski definition) is 0. The average Bonchev–Trinajstić information content (AvgIpc) is 3.00. The summed E-state index contributed by atoms with van der Waals surface area (Å²) in [7, 11) is 3.15. The lowest BCUT2D eigenvalue weighted by atomic mass is 10.0. The minimum Gasteiger partial charge on any atom is -0.497 e. The van der Waals surface area contributed by atoms with Crippen LogP contribution in [0.1, 0.15) is 0 Å². The fourth-order valence-electron chi connectivity index (χ4n) is 4.40. The number of carbonyl (C=O) groups is 2. The number of rotatable bonds is 10. The third-order valence-corrected chi connectivity index (χ3v) is 6.36. The number of amides is 2. The molecule has 4 aromatic rings. The molecular weight excluding hydrogens is 496 g/mol. The van der Waals surface area contributed by atoms with Crippen molar-refractivity contribution in [3.8, 4) is 23.0 Å². The molecule has 39 heavy (non-hydrogen) atoms. The van der Waals surface area contributed by atoms with Gasteiger partial charge in [0, 0.05) is 11.4 Å².